The summed E-state index contributed by atoms with van der Waals surface area (Å²) in [6, 6.07) is 8.95. The number of benzene rings is 2. The molecule has 2 aromatic carbocycles. The third-order valence-electron chi connectivity index (χ3n) is 4.85. The molecule has 10 heteroatoms. The van der Waals surface area contributed by atoms with Gasteiger partial charge >= 0.3 is 11.9 Å². The van der Waals surface area contributed by atoms with Crippen molar-refractivity contribution < 1.29 is 26.5 Å². The summed E-state index contributed by atoms with van der Waals surface area (Å²) in [7, 11) is -3.82. The van der Waals surface area contributed by atoms with E-state index in [4.69, 9.17) is 0 Å². The first-order valence-corrected chi connectivity index (χ1v) is 10.2. The molecule has 0 bridgehead atoms. The standard InChI is InChI=1S/C18H17F3N2O4S/c1-28(26,27)15-7-3-6-14(16(15)23(24)25)22-11-17(8-9-17)12-4-2-5-13(10-12)18(19,20)21/h2-7,10,22H,8-9,11H2,1H3. The third kappa shape index (κ3) is 3.96. The lowest BCUT2D eigenvalue weighted by molar-refractivity contribution is -0.386. The van der Waals surface area contributed by atoms with Gasteiger partial charge in [0, 0.05) is 18.2 Å². The highest BCUT2D eigenvalue weighted by Gasteiger charge is 2.45. The fourth-order valence-electron chi connectivity index (χ4n) is 3.16. The van der Waals surface area contributed by atoms with E-state index in [1.165, 1.54) is 18.2 Å². The van der Waals surface area contributed by atoms with Gasteiger partial charge in [-0.05, 0) is 36.6 Å². The first-order valence-electron chi connectivity index (χ1n) is 8.33. The molecule has 0 aliphatic heterocycles. The maximum absolute atomic E-state index is 13.0. The zero-order valence-electron chi connectivity index (χ0n) is 14.8. The van der Waals surface area contributed by atoms with E-state index in [-0.39, 0.29) is 12.2 Å². The van der Waals surface area contributed by atoms with Gasteiger partial charge in [-0.25, -0.2) is 8.42 Å². The maximum Gasteiger partial charge on any atom is 0.416 e. The molecule has 1 N–H and O–H groups in total. The number of nitrogens with one attached hydrogen (secondary N) is 1. The van der Waals surface area contributed by atoms with Crippen molar-refractivity contribution in [3.63, 3.8) is 0 Å². The number of para-hydroxylation sites is 1. The molecule has 0 spiro atoms. The van der Waals surface area contributed by atoms with Crippen LogP contribution in [-0.2, 0) is 21.4 Å². The van der Waals surface area contributed by atoms with Gasteiger partial charge in [-0.1, -0.05) is 24.3 Å². The zero-order valence-corrected chi connectivity index (χ0v) is 15.6. The first-order chi connectivity index (χ1) is 12.9. The summed E-state index contributed by atoms with van der Waals surface area (Å²) >= 11 is 0. The first kappa shape index (κ1) is 20.1. The minimum Gasteiger partial charge on any atom is -0.379 e. The van der Waals surface area contributed by atoms with E-state index in [1.807, 2.05) is 0 Å². The van der Waals surface area contributed by atoms with Crippen molar-refractivity contribution in [1.29, 1.82) is 0 Å². The number of rotatable bonds is 6. The quantitative estimate of drug-likeness (QED) is 0.566. The summed E-state index contributed by atoms with van der Waals surface area (Å²) in [5, 5.41) is 14.3. The predicted octanol–water partition coefficient (Wildman–Crippen LogP) is 4.16. The molecule has 3 rings (SSSR count). The van der Waals surface area contributed by atoms with Gasteiger partial charge in [0.05, 0.1) is 10.5 Å². The normalized spacial score (nSPS) is 15.9. The Morgan fingerprint density at radius 3 is 2.36 bits per heavy atom. The van der Waals surface area contributed by atoms with Crippen molar-refractivity contribution in [2.24, 2.45) is 0 Å². The molecule has 0 atom stereocenters. The molecule has 1 fully saturated rings. The molecule has 6 nitrogen and oxygen atoms in total. The van der Waals surface area contributed by atoms with Gasteiger partial charge in [0.25, 0.3) is 0 Å². The number of alkyl halides is 3. The van der Waals surface area contributed by atoms with Gasteiger partial charge in [-0.15, -0.1) is 0 Å². The van der Waals surface area contributed by atoms with E-state index < -0.39 is 42.5 Å². The summed E-state index contributed by atoms with van der Waals surface area (Å²) in [4.78, 5) is 10.2. The van der Waals surface area contributed by atoms with Crippen LogP contribution in [0, 0.1) is 10.1 Å². The van der Waals surface area contributed by atoms with Crippen molar-refractivity contribution in [1.82, 2.24) is 0 Å². The van der Waals surface area contributed by atoms with Crippen LogP contribution in [0.25, 0.3) is 0 Å². The average molecular weight is 414 g/mol. The number of nitro benzene ring substituents is 1. The van der Waals surface area contributed by atoms with Crippen molar-refractivity contribution in [2.75, 3.05) is 18.1 Å². The second-order valence-electron chi connectivity index (χ2n) is 6.89. The second kappa shape index (κ2) is 6.77. The Bertz CT molecular complexity index is 1030. The van der Waals surface area contributed by atoms with Crippen molar-refractivity contribution in [3.05, 3.63) is 63.7 Å². The smallest absolute Gasteiger partial charge is 0.379 e. The molecule has 2 aromatic rings. The third-order valence-corrected chi connectivity index (χ3v) is 5.98. The molecule has 1 aliphatic carbocycles. The number of hydrogen-bond donors (Lipinski definition) is 1. The molecule has 0 radical (unpaired) electrons. The molecule has 0 aromatic heterocycles. The molecule has 0 saturated heterocycles. The average Bonchev–Trinajstić information content (AvgIpc) is 3.39. The van der Waals surface area contributed by atoms with Crippen LogP contribution in [0.15, 0.2) is 47.4 Å². The number of hydrogen-bond acceptors (Lipinski definition) is 5. The second-order valence-corrected chi connectivity index (χ2v) is 8.88. The van der Waals surface area contributed by atoms with Crippen molar-refractivity contribution in [3.8, 4) is 0 Å². The van der Waals surface area contributed by atoms with E-state index in [9.17, 15) is 31.7 Å². The summed E-state index contributed by atoms with van der Waals surface area (Å²) in [5.74, 6) is 0. The molecular weight excluding hydrogens is 397 g/mol. The van der Waals surface area contributed by atoms with E-state index in [1.54, 1.807) is 6.07 Å². The molecule has 0 amide bonds. The Morgan fingerprint density at radius 1 is 1.18 bits per heavy atom. The fourth-order valence-corrected chi connectivity index (χ4v) is 4.02. The van der Waals surface area contributed by atoms with Gasteiger partial charge in [0.1, 0.15) is 10.6 Å². The van der Waals surface area contributed by atoms with Gasteiger partial charge in [-0.2, -0.15) is 13.2 Å². The molecule has 28 heavy (non-hydrogen) atoms. The highest BCUT2D eigenvalue weighted by atomic mass is 32.2. The van der Waals surface area contributed by atoms with Crippen molar-refractivity contribution >= 4 is 21.2 Å². The largest absolute Gasteiger partial charge is 0.416 e. The Labute approximate surface area is 159 Å². The van der Waals surface area contributed by atoms with Crippen molar-refractivity contribution in [2.45, 2.75) is 29.3 Å². The van der Waals surface area contributed by atoms with Gasteiger partial charge in [0.15, 0.2) is 9.84 Å². The van der Waals surface area contributed by atoms with Crippen LogP contribution >= 0.6 is 0 Å². The van der Waals surface area contributed by atoms with Crippen LogP contribution in [0.1, 0.15) is 24.0 Å². The van der Waals surface area contributed by atoms with E-state index in [0.29, 0.717) is 18.4 Å². The van der Waals surface area contributed by atoms with Crippen LogP contribution < -0.4 is 5.32 Å². The Hall–Kier alpha value is -2.62. The molecule has 150 valence electrons. The summed E-state index contributed by atoms with van der Waals surface area (Å²) < 4.78 is 62.6. The monoisotopic (exact) mass is 414 g/mol. The van der Waals surface area contributed by atoms with Gasteiger partial charge < -0.3 is 5.32 Å². The van der Waals surface area contributed by atoms with Crippen LogP contribution in [0.2, 0.25) is 0 Å². The summed E-state index contributed by atoms with van der Waals surface area (Å²) in [5.41, 5.74) is -1.37. The van der Waals surface area contributed by atoms with Crippen LogP contribution in [-0.4, -0.2) is 26.1 Å². The lowest BCUT2D eigenvalue weighted by atomic mass is 9.94. The number of sulfone groups is 1. The minimum atomic E-state index is -4.46. The van der Waals surface area contributed by atoms with E-state index in [2.05, 4.69) is 5.32 Å². The molecule has 0 heterocycles. The van der Waals surface area contributed by atoms with E-state index >= 15 is 0 Å². The maximum atomic E-state index is 13.0. The fraction of sp³-hybridized carbons (Fsp3) is 0.333. The molecule has 1 saturated carbocycles. The van der Waals surface area contributed by atoms with Gasteiger partial charge in [-0.3, -0.25) is 10.1 Å². The molecular formula is C18H17F3N2O4S. The Balaban J connectivity index is 1.90. The highest BCUT2D eigenvalue weighted by Crippen LogP contribution is 2.49. The topological polar surface area (TPSA) is 89.3 Å². The minimum absolute atomic E-state index is 0.0196. The number of nitro groups is 1. The predicted molar refractivity (Wildman–Crippen MR) is 97.1 cm³/mol. The highest BCUT2D eigenvalue weighted by molar-refractivity contribution is 7.90. The van der Waals surface area contributed by atoms with E-state index in [0.717, 1.165) is 24.5 Å². The van der Waals surface area contributed by atoms with Crippen LogP contribution in [0.4, 0.5) is 24.5 Å². The lowest BCUT2D eigenvalue weighted by Gasteiger charge is -2.19. The zero-order chi connectivity index (χ0) is 20.7. The Morgan fingerprint density at radius 2 is 1.82 bits per heavy atom. The lowest BCUT2D eigenvalue weighted by Crippen LogP contribution is -2.21. The van der Waals surface area contributed by atoms with Crippen LogP contribution in [0.3, 0.4) is 0 Å². The summed E-state index contributed by atoms with van der Waals surface area (Å²) in [6.45, 7) is 0.155. The van der Waals surface area contributed by atoms with Gasteiger partial charge in [0.2, 0.25) is 0 Å². The number of anilines is 1. The van der Waals surface area contributed by atoms with Crippen LogP contribution in [0.5, 0.6) is 0 Å². The Kier molecular flexibility index (Phi) is 4.86. The SMILES string of the molecule is CS(=O)(=O)c1cccc(NCC2(c3cccc(C(F)(F)F)c3)CC2)c1[N+](=O)[O-]. The summed E-state index contributed by atoms with van der Waals surface area (Å²) in [6.07, 6.45) is -2.33. The number of nitrogens with zero attached hydrogens (tertiary/aromatic N) is 1. The molecule has 0 unspecified atom stereocenters. The molecule has 1 aliphatic rings. The number of halogens is 3.